The summed E-state index contributed by atoms with van der Waals surface area (Å²) in [5.74, 6) is 0.904. The molecule has 0 unspecified atom stereocenters. The van der Waals surface area contributed by atoms with Gasteiger partial charge in [-0.15, -0.1) is 0 Å². The third kappa shape index (κ3) is 3.03. The van der Waals surface area contributed by atoms with Crippen molar-refractivity contribution in [2.45, 2.75) is 19.9 Å². The largest absolute Gasteiger partial charge is 0.491 e. The first-order valence-corrected chi connectivity index (χ1v) is 6.24. The van der Waals surface area contributed by atoms with Crippen molar-refractivity contribution in [2.75, 3.05) is 11.9 Å². The number of nitrogens with zero attached hydrogens (tertiary/aromatic N) is 2. The molecule has 0 aliphatic rings. The number of aromatic nitrogens is 2. The van der Waals surface area contributed by atoms with E-state index in [1.54, 1.807) is 6.20 Å². The van der Waals surface area contributed by atoms with Crippen molar-refractivity contribution in [3.05, 3.63) is 42.2 Å². The molecule has 0 atom stereocenters. The summed E-state index contributed by atoms with van der Waals surface area (Å²) in [6.45, 7) is 3.58. The van der Waals surface area contributed by atoms with Crippen LogP contribution in [0, 0.1) is 0 Å². The lowest BCUT2D eigenvalue weighted by Gasteiger charge is -2.12. The van der Waals surface area contributed by atoms with Gasteiger partial charge in [-0.25, -0.2) is 0 Å². The van der Waals surface area contributed by atoms with Crippen LogP contribution in [0.1, 0.15) is 19.0 Å². The van der Waals surface area contributed by atoms with Crippen molar-refractivity contribution in [3.63, 3.8) is 0 Å². The number of hydrogen-bond donors (Lipinski definition) is 1. The number of rotatable bonds is 6. The number of nitrogens with one attached hydrogen (secondary N) is 1. The third-order valence-corrected chi connectivity index (χ3v) is 2.73. The highest BCUT2D eigenvalue weighted by molar-refractivity contribution is 5.56. The molecule has 2 rings (SSSR count). The maximum atomic E-state index is 5.70. The van der Waals surface area contributed by atoms with E-state index in [0.29, 0.717) is 0 Å². The van der Waals surface area contributed by atoms with Gasteiger partial charge >= 0.3 is 0 Å². The lowest BCUT2D eigenvalue weighted by molar-refractivity contribution is 0.319. The van der Waals surface area contributed by atoms with Gasteiger partial charge in [0.2, 0.25) is 0 Å². The van der Waals surface area contributed by atoms with Gasteiger partial charge in [-0.1, -0.05) is 19.1 Å². The average molecular weight is 245 g/mol. The molecule has 0 fully saturated rings. The van der Waals surface area contributed by atoms with E-state index in [0.717, 1.165) is 36.7 Å². The Hall–Kier alpha value is -1.97. The van der Waals surface area contributed by atoms with Crippen molar-refractivity contribution in [2.24, 2.45) is 7.05 Å². The maximum absolute atomic E-state index is 5.70. The third-order valence-electron chi connectivity index (χ3n) is 2.73. The lowest BCUT2D eigenvalue weighted by atomic mass is 10.3. The zero-order valence-corrected chi connectivity index (χ0v) is 10.9. The van der Waals surface area contributed by atoms with Crippen LogP contribution in [0.25, 0.3) is 0 Å². The van der Waals surface area contributed by atoms with Crippen LogP contribution < -0.4 is 10.1 Å². The Labute approximate surface area is 108 Å². The summed E-state index contributed by atoms with van der Waals surface area (Å²) in [6.07, 6.45) is 2.81. The second-order valence-electron chi connectivity index (χ2n) is 4.14. The Bertz CT molecular complexity index is 493. The van der Waals surface area contributed by atoms with Gasteiger partial charge in [0.15, 0.2) is 0 Å². The summed E-state index contributed by atoms with van der Waals surface area (Å²) >= 11 is 0. The van der Waals surface area contributed by atoms with Crippen LogP contribution in [0.2, 0.25) is 0 Å². The number of para-hydroxylation sites is 2. The molecule has 96 valence electrons. The molecule has 0 amide bonds. The smallest absolute Gasteiger partial charge is 0.142 e. The van der Waals surface area contributed by atoms with E-state index in [4.69, 9.17) is 4.74 Å². The lowest BCUT2D eigenvalue weighted by Crippen LogP contribution is -2.07. The van der Waals surface area contributed by atoms with Gasteiger partial charge in [0.25, 0.3) is 0 Å². The maximum Gasteiger partial charge on any atom is 0.142 e. The Kier molecular flexibility index (Phi) is 4.23. The van der Waals surface area contributed by atoms with Crippen LogP contribution in [-0.2, 0) is 13.6 Å². The van der Waals surface area contributed by atoms with Crippen molar-refractivity contribution in [3.8, 4) is 5.75 Å². The first-order chi connectivity index (χ1) is 8.81. The number of anilines is 1. The van der Waals surface area contributed by atoms with E-state index < -0.39 is 0 Å². The Balaban J connectivity index is 2.02. The minimum atomic E-state index is 0.739. The Morgan fingerprint density at radius 2 is 2.11 bits per heavy atom. The Morgan fingerprint density at radius 1 is 1.28 bits per heavy atom. The zero-order chi connectivity index (χ0) is 12.8. The van der Waals surface area contributed by atoms with Crippen molar-refractivity contribution < 1.29 is 4.74 Å². The van der Waals surface area contributed by atoms with Crippen LogP contribution >= 0.6 is 0 Å². The fourth-order valence-corrected chi connectivity index (χ4v) is 1.71. The quantitative estimate of drug-likeness (QED) is 0.850. The van der Waals surface area contributed by atoms with Gasteiger partial charge in [-0.2, -0.15) is 5.10 Å². The standard InChI is InChI=1S/C14H19N3O/c1-3-10-18-14-7-5-4-6-13(14)15-11-12-8-9-16-17(12)2/h4-9,15H,3,10-11H2,1-2H3. The van der Waals surface area contributed by atoms with Gasteiger partial charge < -0.3 is 10.1 Å². The molecule has 0 saturated carbocycles. The normalized spacial score (nSPS) is 10.3. The van der Waals surface area contributed by atoms with Crippen LogP contribution in [0.5, 0.6) is 5.75 Å². The fourth-order valence-electron chi connectivity index (χ4n) is 1.71. The summed E-state index contributed by atoms with van der Waals surface area (Å²) in [5, 5.41) is 7.53. The van der Waals surface area contributed by atoms with Crippen LogP contribution in [0.4, 0.5) is 5.69 Å². The minimum absolute atomic E-state index is 0.739. The number of hydrogen-bond acceptors (Lipinski definition) is 3. The van der Waals surface area contributed by atoms with E-state index in [1.165, 1.54) is 0 Å². The van der Waals surface area contributed by atoms with Crippen molar-refractivity contribution in [1.29, 1.82) is 0 Å². The molecule has 2 aromatic rings. The van der Waals surface area contributed by atoms with Gasteiger partial charge in [0.1, 0.15) is 5.75 Å². The molecule has 0 aliphatic carbocycles. The average Bonchev–Trinajstić information content (AvgIpc) is 2.80. The molecule has 0 bridgehead atoms. The molecule has 1 aromatic heterocycles. The minimum Gasteiger partial charge on any atom is -0.491 e. The molecule has 18 heavy (non-hydrogen) atoms. The highest BCUT2D eigenvalue weighted by Crippen LogP contribution is 2.24. The van der Waals surface area contributed by atoms with E-state index in [9.17, 15) is 0 Å². The number of aryl methyl sites for hydroxylation is 1. The molecule has 1 heterocycles. The second kappa shape index (κ2) is 6.10. The predicted octanol–water partition coefficient (Wildman–Crippen LogP) is 2.82. The highest BCUT2D eigenvalue weighted by atomic mass is 16.5. The summed E-state index contributed by atoms with van der Waals surface area (Å²) in [6, 6.07) is 10.0. The van der Waals surface area contributed by atoms with E-state index in [1.807, 2.05) is 42.1 Å². The van der Waals surface area contributed by atoms with Crippen molar-refractivity contribution >= 4 is 5.69 Å². The molecule has 1 aromatic carbocycles. The fraction of sp³-hybridized carbons (Fsp3) is 0.357. The SMILES string of the molecule is CCCOc1ccccc1NCc1ccnn1C. The van der Waals surface area contributed by atoms with Gasteiger partial charge in [-0.05, 0) is 24.6 Å². The molecular weight excluding hydrogens is 226 g/mol. The number of ether oxygens (including phenoxy) is 1. The second-order valence-corrected chi connectivity index (χ2v) is 4.14. The molecule has 0 radical (unpaired) electrons. The van der Waals surface area contributed by atoms with Crippen molar-refractivity contribution in [1.82, 2.24) is 9.78 Å². The molecule has 0 saturated heterocycles. The van der Waals surface area contributed by atoms with Crippen LogP contribution in [0.3, 0.4) is 0 Å². The topological polar surface area (TPSA) is 39.1 Å². The molecular formula is C14H19N3O. The van der Waals surface area contributed by atoms with Crippen LogP contribution in [0.15, 0.2) is 36.5 Å². The van der Waals surface area contributed by atoms with Gasteiger partial charge in [-0.3, -0.25) is 4.68 Å². The van der Waals surface area contributed by atoms with Gasteiger partial charge in [0, 0.05) is 13.2 Å². The Morgan fingerprint density at radius 3 is 2.83 bits per heavy atom. The molecule has 0 spiro atoms. The monoisotopic (exact) mass is 245 g/mol. The highest BCUT2D eigenvalue weighted by Gasteiger charge is 2.03. The summed E-state index contributed by atoms with van der Waals surface area (Å²) in [7, 11) is 1.94. The van der Waals surface area contributed by atoms with E-state index in [2.05, 4.69) is 17.3 Å². The first kappa shape index (κ1) is 12.5. The van der Waals surface area contributed by atoms with Crippen LogP contribution in [-0.4, -0.2) is 16.4 Å². The number of benzene rings is 1. The van der Waals surface area contributed by atoms with E-state index in [-0.39, 0.29) is 0 Å². The molecule has 4 heteroatoms. The summed E-state index contributed by atoms with van der Waals surface area (Å²) < 4.78 is 7.57. The molecule has 0 aliphatic heterocycles. The molecule has 1 N–H and O–H groups in total. The summed E-state index contributed by atoms with van der Waals surface area (Å²) in [5.41, 5.74) is 2.16. The van der Waals surface area contributed by atoms with Gasteiger partial charge in [0.05, 0.1) is 24.5 Å². The first-order valence-electron chi connectivity index (χ1n) is 6.24. The zero-order valence-electron chi connectivity index (χ0n) is 10.9. The molecule has 4 nitrogen and oxygen atoms in total. The predicted molar refractivity (Wildman–Crippen MR) is 72.8 cm³/mol. The van der Waals surface area contributed by atoms with E-state index >= 15 is 0 Å². The summed E-state index contributed by atoms with van der Waals surface area (Å²) in [4.78, 5) is 0.